The highest BCUT2D eigenvalue weighted by atomic mass is 32.2. The quantitative estimate of drug-likeness (QED) is 0.853. The Labute approximate surface area is 154 Å². The van der Waals surface area contributed by atoms with Crippen molar-refractivity contribution in [3.8, 4) is 0 Å². The molecule has 2 heterocycles. The fourth-order valence-corrected chi connectivity index (χ4v) is 3.89. The molecule has 10 heteroatoms. The number of fused-ring (bicyclic) bond motifs is 1. The molecular formula is C17H16F3N3O3S. The van der Waals surface area contributed by atoms with Crippen LogP contribution in [0, 0.1) is 0 Å². The van der Waals surface area contributed by atoms with Gasteiger partial charge in [0.25, 0.3) is 0 Å². The summed E-state index contributed by atoms with van der Waals surface area (Å²) in [6.45, 7) is -0.303. The number of halogens is 3. The second-order valence-electron chi connectivity index (χ2n) is 6.09. The lowest BCUT2D eigenvalue weighted by Gasteiger charge is -2.29. The van der Waals surface area contributed by atoms with Crippen molar-refractivity contribution in [2.24, 2.45) is 0 Å². The molecule has 0 aliphatic carbocycles. The maximum Gasteiger partial charge on any atom is 0.471 e. The molecule has 0 saturated carbocycles. The number of nitrogens with one attached hydrogen (secondary N) is 1. The zero-order valence-corrected chi connectivity index (χ0v) is 14.8. The summed E-state index contributed by atoms with van der Waals surface area (Å²) in [6.07, 6.45) is -1.63. The average molecular weight is 399 g/mol. The molecule has 3 rings (SSSR count). The van der Waals surface area contributed by atoms with E-state index in [9.17, 15) is 26.4 Å². The van der Waals surface area contributed by atoms with Crippen molar-refractivity contribution in [3.63, 3.8) is 0 Å². The number of carbonyl (C=O) groups is 1. The molecule has 1 N–H and O–H groups in total. The Bertz CT molecular complexity index is 947. The Kier molecular flexibility index (Phi) is 5.20. The van der Waals surface area contributed by atoms with E-state index in [0.29, 0.717) is 16.0 Å². The van der Waals surface area contributed by atoms with Crippen LogP contribution in [0.15, 0.2) is 47.6 Å². The van der Waals surface area contributed by atoms with E-state index >= 15 is 0 Å². The molecule has 144 valence electrons. The van der Waals surface area contributed by atoms with Crippen molar-refractivity contribution in [3.05, 3.63) is 59.4 Å². The second-order valence-corrected chi connectivity index (χ2v) is 7.86. The Morgan fingerprint density at radius 1 is 1.22 bits per heavy atom. The first-order valence-corrected chi connectivity index (χ1v) is 9.51. The molecule has 0 bridgehead atoms. The summed E-state index contributed by atoms with van der Waals surface area (Å²) < 4.78 is 65.3. The monoisotopic (exact) mass is 399 g/mol. The summed E-state index contributed by atoms with van der Waals surface area (Å²) in [5, 5.41) is 0. The zero-order chi connectivity index (χ0) is 19.7. The minimum absolute atomic E-state index is 0.0337. The summed E-state index contributed by atoms with van der Waals surface area (Å²) in [7, 11) is -3.86. The molecule has 1 amide bonds. The van der Waals surface area contributed by atoms with Gasteiger partial charge in [-0.25, -0.2) is 13.1 Å². The molecule has 1 aromatic carbocycles. The van der Waals surface area contributed by atoms with Gasteiger partial charge in [0.05, 0.1) is 4.90 Å². The number of amides is 1. The van der Waals surface area contributed by atoms with E-state index in [1.54, 1.807) is 24.4 Å². The van der Waals surface area contributed by atoms with E-state index in [-0.39, 0.29) is 31.0 Å². The number of alkyl halides is 3. The fraction of sp³-hybridized carbons (Fsp3) is 0.294. The van der Waals surface area contributed by atoms with Crippen LogP contribution in [0.1, 0.15) is 16.7 Å². The summed E-state index contributed by atoms with van der Waals surface area (Å²) in [4.78, 5) is 16.0. The number of sulfonamides is 1. The summed E-state index contributed by atoms with van der Waals surface area (Å²) >= 11 is 0. The molecule has 6 nitrogen and oxygen atoms in total. The van der Waals surface area contributed by atoms with Crippen LogP contribution >= 0.6 is 0 Å². The van der Waals surface area contributed by atoms with Gasteiger partial charge in [-0.3, -0.25) is 9.78 Å². The van der Waals surface area contributed by atoms with Gasteiger partial charge in [-0.2, -0.15) is 13.2 Å². The van der Waals surface area contributed by atoms with E-state index < -0.39 is 22.1 Å². The standard InChI is InChI=1S/C17H16F3N3O3S/c18-17(19,20)16(24)23-7-5-13-3-4-15(8-14(13)11-23)27(25,26)22-10-12-2-1-6-21-9-12/h1-4,6,8-9,22H,5,7,10-11H2. The van der Waals surface area contributed by atoms with Crippen molar-refractivity contribution in [2.75, 3.05) is 6.54 Å². The van der Waals surface area contributed by atoms with Gasteiger partial charge < -0.3 is 4.90 Å². The van der Waals surface area contributed by atoms with Gasteiger partial charge in [-0.15, -0.1) is 0 Å². The molecule has 0 unspecified atom stereocenters. The highest BCUT2D eigenvalue weighted by Crippen LogP contribution is 2.26. The predicted octanol–water partition coefficient (Wildman–Crippen LogP) is 2.01. The van der Waals surface area contributed by atoms with Crippen LogP contribution in [0.25, 0.3) is 0 Å². The van der Waals surface area contributed by atoms with Gasteiger partial charge in [0.1, 0.15) is 0 Å². The van der Waals surface area contributed by atoms with Crippen LogP contribution in [-0.4, -0.2) is 36.9 Å². The topological polar surface area (TPSA) is 79.4 Å². The highest BCUT2D eigenvalue weighted by Gasteiger charge is 2.43. The summed E-state index contributed by atoms with van der Waals surface area (Å²) in [6, 6.07) is 7.68. The van der Waals surface area contributed by atoms with Gasteiger partial charge in [0.15, 0.2) is 0 Å². The Balaban J connectivity index is 1.78. The van der Waals surface area contributed by atoms with Crippen LogP contribution in [0.5, 0.6) is 0 Å². The van der Waals surface area contributed by atoms with Crippen molar-refractivity contribution < 1.29 is 26.4 Å². The molecule has 27 heavy (non-hydrogen) atoms. The van der Waals surface area contributed by atoms with Gasteiger partial charge in [0.2, 0.25) is 10.0 Å². The predicted molar refractivity (Wildman–Crippen MR) is 89.9 cm³/mol. The first-order valence-electron chi connectivity index (χ1n) is 8.03. The number of carbonyl (C=O) groups excluding carboxylic acids is 1. The molecule has 0 saturated heterocycles. The van der Waals surface area contributed by atoms with Crippen molar-refractivity contribution in [1.29, 1.82) is 0 Å². The van der Waals surface area contributed by atoms with Crippen LogP contribution in [0.2, 0.25) is 0 Å². The fourth-order valence-electron chi connectivity index (χ4n) is 2.82. The third-order valence-corrected chi connectivity index (χ3v) is 5.62. The number of rotatable bonds is 4. The molecule has 0 spiro atoms. The van der Waals surface area contributed by atoms with E-state index in [1.165, 1.54) is 18.3 Å². The molecule has 0 radical (unpaired) electrons. The average Bonchev–Trinajstić information content (AvgIpc) is 2.65. The first-order chi connectivity index (χ1) is 12.7. The maximum absolute atomic E-state index is 12.6. The molecular weight excluding hydrogens is 383 g/mol. The van der Waals surface area contributed by atoms with E-state index in [2.05, 4.69) is 9.71 Å². The van der Waals surface area contributed by atoms with Crippen molar-refractivity contribution in [1.82, 2.24) is 14.6 Å². The SMILES string of the molecule is O=C(N1CCc2ccc(S(=O)(=O)NCc3cccnc3)cc2C1)C(F)(F)F. The number of nitrogens with zero attached hydrogens (tertiary/aromatic N) is 2. The largest absolute Gasteiger partial charge is 0.471 e. The Morgan fingerprint density at radius 3 is 2.67 bits per heavy atom. The van der Waals surface area contributed by atoms with Crippen LogP contribution in [0.4, 0.5) is 13.2 Å². The maximum atomic E-state index is 12.6. The van der Waals surface area contributed by atoms with Gasteiger partial charge in [-0.05, 0) is 41.3 Å². The summed E-state index contributed by atoms with van der Waals surface area (Å²) in [5.41, 5.74) is 1.79. The lowest BCUT2D eigenvalue weighted by Crippen LogP contribution is -2.43. The second kappa shape index (κ2) is 7.28. The van der Waals surface area contributed by atoms with Gasteiger partial charge >= 0.3 is 12.1 Å². The third-order valence-electron chi connectivity index (χ3n) is 4.22. The van der Waals surface area contributed by atoms with Gasteiger partial charge in [-0.1, -0.05) is 12.1 Å². The molecule has 1 aliphatic rings. The molecule has 0 fully saturated rings. The van der Waals surface area contributed by atoms with E-state index in [1.807, 2.05) is 0 Å². The smallest absolute Gasteiger partial charge is 0.330 e. The van der Waals surface area contributed by atoms with Crippen molar-refractivity contribution in [2.45, 2.75) is 30.6 Å². The Hall–Kier alpha value is -2.46. The number of hydrogen-bond acceptors (Lipinski definition) is 4. The highest BCUT2D eigenvalue weighted by molar-refractivity contribution is 7.89. The normalized spacial score (nSPS) is 14.7. The van der Waals surface area contributed by atoms with Crippen LogP contribution in [0.3, 0.4) is 0 Å². The van der Waals surface area contributed by atoms with Crippen LogP contribution < -0.4 is 4.72 Å². The zero-order valence-electron chi connectivity index (χ0n) is 14.0. The number of aromatic nitrogens is 1. The Morgan fingerprint density at radius 2 is 2.00 bits per heavy atom. The summed E-state index contributed by atoms with van der Waals surface area (Å²) in [5.74, 6) is -1.92. The number of hydrogen-bond donors (Lipinski definition) is 1. The van der Waals surface area contributed by atoms with E-state index in [4.69, 9.17) is 0 Å². The minimum Gasteiger partial charge on any atom is -0.330 e. The molecule has 0 atom stereocenters. The molecule has 2 aromatic rings. The number of pyridine rings is 1. The first kappa shape index (κ1) is 19.3. The lowest BCUT2D eigenvalue weighted by molar-refractivity contribution is -0.186. The third kappa shape index (κ3) is 4.45. The lowest BCUT2D eigenvalue weighted by atomic mass is 10.00. The molecule has 1 aromatic heterocycles. The number of benzene rings is 1. The van der Waals surface area contributed by atoms with Crippen molar-refractivity contribution >= 4 is 15.9 Å². The van der Waals surface area contributed by atoms with E-state index in [0.717, 1.165) is 5.56 Å². The molecule has 1 aliphatic heterocycles. The van der Waals surface area contributed by atoms with Crippen LogP contribution in [-0.2, 0) is 34.3 Å². The van der Waals surface area contributed by atoms with Gasteiger partial charge in [0, 0.05) is 32.0 Å². The minimum atomic E-state index is -4.95.